The Morgan fingerprint density at radius 3 is 2.73 bits per heavy atom. The fraction of sp³-hybridized carbons (Fsp3) is 0.333. The van der Waals surface area contributed by atoms with Gasteiger partial charge in [0.05, 0.1) is 10.5 Å². The Hall–Kier alpha value is -2.45. The molecule has 1 aliphatic rings. The maximum Gasteiger partial charge on any atom is 0.228 e. The van der Waals surface area contributed by atoms with Gasteiger partial charge in [-0.2, -0.15) is 0 Å². The molecular weight excluding hydrogens is 468 g/mol. The number of piperidine rings is 1. The first-order valence-corrected chi connectivity index (χ1v) is 11.5. The molecule has 1 saturated heterocycles. The number of nitrogens with one attached hydrogen (secondary N) is 1. The third kappa shape index (κ3) is 6.32. The van der Waals surface area contributed by atoms with E-state index in [0.29, 0.717) is 49.1 Å². The van der Waals surface area contributed by atoms with Crippen molar-refractivity contribution >= 4 is 45.8 Å². The number of halogens is 3. The molecular formula is C24H24Cl2FN3O3. The van der Waals surface area contributed by atoms with Gasteiger partial charge in [-0.1, -0.05) is 23.2 Å². The summed E-state index contributed by atoms with van der Waals surface area (Å²) in [4.78, 5) is 19.3. The molecule has 0 saturated carbocycles. The van der Waals surface area contributed by atoms with Crippen LogP contribution in [0.25, 0.3) is 10.9 Å². The van der Waals surface area contributed by atoms with Crippen LogP contribution in [0.3, 0.4) is 0 Å². The van der Waals surface area contributed by atoms with Crippen LogP contribution in [0, 0.1) is 11.7 Å². The van der Waals surface area contributed by atoms with Gasteiger partial charge in [0, 0.05) is 28.9 Å². The van der Waals surface area contributed by atoms with Gasteiger partial charge >= 0.3 is 0 Å². The van der Waals surface area contributed by atoms with E-state index in [1.165, 1.54) is 12.1 Å². The molecule has 33 heavy (non-hydrogen) atoms. The van der Waals surface area contributed by atoms with Gasteiger partial charge in [-0.15, -0.1) is 0 Å². The number of fused-ring (bicyclic) bond motifs is 1. The smallest absolute Gasteiger partial charge is 0.228 e. The van der Waals surface area contributed by atoms with Crippen LogP contribution < -0.4 is 10.1 Å². The number of rotatable bonds is 7. The Kier molecular flexibility index (Phi) is 7.65. The molecule has 1 atom stereocenters. The number of benzene rings is 2. The standard InChI is InChI=1S/C24H24Cl2FN3O3/c25-17-2-5-22-16(11-17)1-6-23(28-22)29-24(32)15-7-9-30(10-8-15)13-18(31)14-33-19-3-4-20(26)21(27)12-19/h1-6,11-12,15,18,31H,7-10,13-14H2,(H,28,29,32)/t18-/m0/s1. The minimum atomic E-state index is -0.732. The highest BCUT2D eigenvalue weighted by Gasteiger charge is 2.26. The van der Waals surface area contributed by atoms with Gasteiger partial charge in [0.1, 0.15) is 30.1 Å². The van der Waals surface area contributed by atoms with Crippen LogP contribution >= 0.6 is 23.2 Å². The molecule has 0 bridgehead atoms. The van der Waals surface area contributed by atoms with Gasteiger partial charge in [0.25, 0.3) is 0 Å². The molecule has 1 aliphatic heterocycles. The number of β-amino-alcohol motifs (C(OH)–C–C–N with tert-alkyl or cyclic N) is 1. The number of aliphatic hydroxyl groups excluding tert-OH is 1. The van der Waals surface area contributed by atoms with Crippen molar-refractivity contribution in [3.8, 4) is 5.75 Å². The number of pyridine rings is 1. The van der Waals surface area contributed by atoms with Crippen LogP contribution in [0.1, 0.15) is 12.8 Å². The zero-order chi connectivity index (χ0) is 23.4. The van der Waals surface area contributed by atoms with Crippen molar-refractivity contribution in [1.82, 2.24) is 9.88 Å². The van der Waals surface area contributed by atoms with Gasteiger partial charge in [-0.25, -0.2) is 9.37 Å². The second kappa shape index (κ2) is 10.7. The Morgan fingerprint density at radius 2 is 1.97 bits per heavy atom. The topological polar surface area (TPSA) is 74.7 Å². The largest absolute Gasteiger partial charge is 0.491 e. The number of nitrogens with zero attached hydrogens (tertiary/aromatic N) is 2. The third-order valence-corrected chi connectivity index (χ3v) is 6.20. The number of anilines is 1. The van der Waals surface area contributed by atoms with Crippen LogP contribution in [0.15, 0.2) is 48.5 Å². The molecule has 1 aromatic heterocycles. The van der Waals surface area contributed by atoms with E-state index in [4.69, 9.17) is 27.9 Å². The van der Waals surface area contributed by atoms with Crippen molar-refractivity contribution in [2.45, 2.75) is 18.9 Å². The SMILES string of the molecule is O=C(Nc1ccc2cc(Cl)ccc2n1)C1CCN(C[C@H](O)COc2ccc(Cl)c(F)c2)CC1. The summed E-state index contributed by atoms with van der Waals surface area (Å²) in [6, 6.07) is 13.2. The van der Waals surface area contributed by atoms with Gasteiger partial charge in [0.2, 0.25) is 5.91 Å². The number of ether oxygens (including phenoxy) is 1. The van der Waals surface area contributed by atoms with Crippen molar-refractivity contribution in [3.05, 3.63) is 64.4 Å². The van der Waals surface area contributed by atoms with E-state index in [1.807, 2.05) is 18.2 Å². The minimum Gasteiger partial charge on any atom is -0.491 e. The number of aromatic nitrogens is 1. The highest BCUT2D eigenvalue weighted by Crippen LogP contribution is 2.23. The lowest BCUT2D eigenvalue weighted by molar-refractivity contribution is -0.121. The summed E-state index contributed by atoms with van der Waals surface area (Å²) < 4.78 is 18.9. The molecule has 6 nitrogen and oxygen atoms in total. The zero-order valence-electron chi connectivity index (χ0n) is 17.8. The Morgan fingerprint density at radius 1 is 1.18 bits per heavy atom. The van der Waals surface area contributed by atoms with Crippen molar-refractivity contribution in [3.63, 3.8) is 0 Å². The summed E-state index contributed by atoms with van der Waals surface area (Å²) in [5, 5.41) is 14.8. The quantitative estimate of drug-likeness (QED) is 0.497. The fourth-order valence-electron chi connectivity index (χ4n) is 3.88. The number of carbonyl (C=O) groups excluding carboxylic acids is 1. The van der Waals surface area contributed by atoms with Crippen molar-refractivity contribution < 1.29 is 19.0 Å². The van der Waals surface area contributed by atoms with Gasteiger partial charge in [-0.3, -0.25) is 4.79 Å². The first-order chi connectivity index (χ1) is 15.9. The summed E-state index contributed by atoms with van der Waals surface area (Å²) in [6.07, 6.45) is 0.639. The van der Waals surface area contributed by atoms with Crippen molar-refractivity contribution in [1.29, 1.82) is 0 Å². The average Bonchev–Trinajstić information content (AvgIpc) is 2.80. The molecule has 4 rings (SSSR count). The van der Waals surface area contributed by atoms with Gasteiger partial charge in [0.15, 0.2) is 0 Å². The highest BCUT2D eigenvalue weighted by atomic mass is 35.5. The Labute approximate surface area is 201 Å². The Balaban J connectivity index is 1.22. The first kappa shape index (κ1) is 23.7. The molecule has 2 aromatic carbocycles. The van der Waals surface area contributed by atoms with Crippen LogP contribution in [-0.2, 0) is 4.79 Å². The normalized spacial score (nSPS) is 16.0. The van der Waals surface area contributed by atoms with E-state index >= 15 is 0 Å². The van der Waals surface area contributed by atoms with E-state index < -0.39 is 11.9 Å². The zero-order valence-corrected chi connectivity index (χ0v) is 19.3. The minimum absolute atomic E-state index is 0.0242. The van der Waals surface area contributed by atoms with Gasteiger partial charge in [-0.05, 0) is 68.4 Å². The molecule has 1 amide bonds. The lowest BCUT2D eigenvalue weighted by atomic mass is 9.95. The predicted molar refractivity (Wildman–Crippen MR) is 127 cm³/mol. The maximum atomic E-state index is 13.5. The van der Waals surface area contributed by atoms with Crippen molar-refractivity contribution in [2.75, 3.05) is 31.6 Å². The van der Waals surface area contributed by atoms with Crippen LogP contribution in [0.2, 0.25) is 10.0 Å². The number of aliphatic hydroxyl groups is 1. The lowest BCUT2D eigenvalue weighted by Gasteiger charge is -2.32. The third-order valence-electron chi connectivity index (χ3n) is 5.66. The molecule has 3 aromatic rings. The summed E-state index contributed by atoms with van der Waals surface area (Å²) in [7, 11) is 0. The maximum absolute atomic E-state index is 13.5. The van der Waals surface area contributed by atoms with Crippen molar-refractivity contribution in [2.24, 2.45) is 5.92 Å². The van der Waals surface area contributed by atoms with Crippen LogP contribution in [0.5, 0.6) is 5.75 Å². The number of amides is 1. The van der Waals surface area contributed by atoms with E-state index in [9.17, 15) is 14.3 Å². The molecule has 2 heterocycles. The molecule has 9 heteroatoms. The van der Waals surface area contributed by atoms with Gasteiger partial charge < -0.3 is 20.1 Å². The summed E-state index contributed by atoms with van der Waals surface area (Å²) >= 11 is 11.7. The second-order valence-electron chi connectivity index (χ2n) is 8.14. The molecule has 2 N–H and O–H groups in total. The molecule has 0 radical (unpaired) electrons. The fourth-order valence-corrected chi connectivity index (χ4v) is 4.18. The van der Waals surface area contributed by atoms with Crippen LogP contribution in [0.4, 0.5) is 10.2 Å². The lowest BCUT2D eigenvalue weighted by Crippen LogP contribution is -2.42. The molecule has 174 valence electrons. The average molecular weight is 492 g/mol. The predicted octanol–water partition coefficient (Wildman–Crippen LogP) is 4.77. The van der Waals surface area contributed by atoms with E-state index in [2.05, 4.69) is 15.2 Å². The van der Waals surface area contributed by atoms with E-state index in [1.54, 1.807) is 18.2 Å². The molecule has 1 fully saturated rings. The highest BCUT2D eigenvalue weighted by molar-refractivity contribution is 6.31. The summed E-state index contributed by atoms with van der Waals surface area (Å²) in [5.74, 6) is 0.103. The molecule has 0 unspecified atom stereocenters. The molecule has 0 spiro atoms. The number of hydrogen-bond acceptors (Lipinski definition) is 5. The summed E-state index contributed by atoms with van der Waals surface area (Å²) in [6.45, 7) is 1.84. The molecule has 0 aliphatic carbocycles. The van der Waals surface area contributed by atoms with E-state index in [-0.39, 0.29) is 23.5 Å². The first-order valence-electron chi connectivity index (χ1n) is 10.7. The second-order valence-corrected chi connectivity index (χ2v) is 8.98. The van der Waals surface area contributed by atoms with E-state index in [0.717, 1.165) is 10.9 Å². The summed E-state index contributed by atoms with van der Waals surface area (Å²) in [5.41, 5.74) is 0.768. The number of hydrogen-bond donors (Lipinski definition) is 2. The Bertz CT molecular complexity index is 1140. The number of likely N-dealkylation sites (tertiary alicyclic amines) is 1. The monoisotopic (exact) mass is 491 g/mol. The number of carbonyl (C=O) groups is 1. The van der Waals surface area contributed by atoms with Crippen LogP contribution in [-0.4, -0.2) is 53.2 Å².